The number of para-hydroxylation sites is 1. The first kappa shape index (κ1) is 21.6. The fourth-order valence-electron chi connectivity index (χ4n) is 3.63. The van der Waals surface area contributed by atoms with Crippen molar-refractivity contribution in [3.05, 3.63) is 64.7 Å². The molecule has 1 N–H and O–H groups in total. The minimum absolute atomic E-state index is 0.167. The molecule has 0 bridgehead atoms. The van der Waals surface area contributed by atoms with E-state index in [-0.39, 0.29) is 18.4 Å². The van der Waals surface area contributed by atoms with E-state index in [0.717, 1.165) is 48.2 Å². The number of hydrogen-bond acceptors (Lipinski definition) is 4. The van der Waals surface area contributed by atoms with Gasteiger partial charge in [0.1, 0.15) is 0 Å². The largest absolute Gasteiger partial charge is 0.452 e. The van der Waals surface area contributed by atoms with Crippen molar-refractivity contribution in [2.75, 3.05) is 18.5 Å². The van der Waals surface area contributed by atoms with Crippen molar-refractivity contribution < 1.29 is 19.1 Å². The molecule has 2 amide bonds. The topological polar surface area (TPSA) is 75.7 Å². The minimum atomic E-state index is -0.548. The highest BCUT2D eigenvalue weighted by Crippen LogP contribution is 2.22. The van der Waals surface area contributed by atoms with Crippen LogP contribution >= 0.6 is 0 Å². The van der Waals surface area contributed by atoms with Gasteiger partial charge in [0.25, 0.3) is 5.91 Å². The zero-order chi connectivity index (χ0) is 21.5. The van der Waals surface area contributed by atoms with Gasteiger partial charge in [-0.3, -0.25) is 9.59 Å². The Morgan fingerprint density at radius 3 is 2.27 bits per heavy atom. The Morgan fingerprint density at radius 1 is 1.03 bits per heavy atom. The van der Waals surface area contributed by atoms with Gasteiger partial charge in [0.2, 0.25) is 5.91 Å². The van der Waals surface area contributed by atoms with E-state index in [1.165, 1.54) is 0 Å². The Kier molecular flexibility index (Phi) is 7.22. The van der Waals surface area contributed by atoms with E-state index in [4.69, 9.17) is 4.74 Å². The minimum Gasteiger partial charge on any atom is -0.452 e. The molecule has 158 valence electrons. The lowest BCUT2D eigenvalue weighted by molar-refractivity contribution is -0.128. The van der Waals surface area contributed by atoms with Crippen LogP contribution in [0.4, 0.5) is 5.69 Å². The maximum Gasteiger partial charge on any atom is 0.338 e. The Balaban J connectivity index is 1.54. The normalized spacial score (nSPS) is 13.4. The first-order valence-corrected chi connectivity index (χ1v) is 10.5. The van der Waals surface area contributed by atoms with Crippen LogP contribution in [0.2, 0.25) is 0 Å². The number of benzene rings is 2. The van der Waals surface area contributed by atoms with Crippen LogP contribution < -0.4 is 5.32 Å². The molecule has 2 aromatic carbocycles. The van der Waals surface area contributed by atoms with Crippen molar-refractivity contribution in [2.45, 2.75) is 46.1 Å². The van der Waals surface area contributed by atoms with Crippen LogP contribution in [0.5, 0.6) is 0 Å². The maximum atomic E-state index is 12.3. The van der Waals surface area contributed by atoms with E-state index < -0.39 is 5.97 Å². The number of anilines is 1. The SMILES string of the molecule is CCc1cccc(CC)c1NC(=O)COC(=O)c1ccc(CN2CCCC2=O)cc1. The summed E-state index contributed by atoms with van der Waals surface area (Å²) >= 11 is 0. The average Bonchev–Trinajstić information content (AvgIpc) is 3.17. The van der Waals surface area contributed by atoms with E-state index in [1.807, 2.05) is 49.1 Å². The van der Waals surface area contributed by atoms with Gasteiger partial charge in [-0.25, -0.2) is 4.79 Å². The average molecular weight is 408 g/mol. The Bertz CT molecular complexity index is 899. The van der Waals surface area contributed by atoms with E-state index >= 15 is 0 Å². The first-order valence-electron chi connectivity index (χ1n) is 10.5. The Hall–Kier alpha value is -3.15. The highest BCUT2D eigenvalue weighted by Gasteiger charge is 2.20. The van der Waals surface area contributed by atoms with E-state index in [9.17, 15) is 14.4 Å². The number of amides is 2. The molecule has 1 heterocycles. The van der Waals surface area contributed by atoms with Crippen molar-refractivity contribution in [1.82, 2.24) is 4.90 Å². The van der Waals surface area contributed by atoms with Gasteiger partial charge in [0, 0.05) is 25.2 Å². The number of hydrogen-bond donors (Lipinski definition) is 1. The summed E-state index contributed by atoms with van der Waals surface area (Å²) in [4.78, 5) is 38.2. The standard InChI is InChI=1S/C24H28N2O4/c1-3-18-7-5-8-19(4-2)23(18)25-21(27)16-30-24(29)20-12-10-17(11-13-20)15-26-14-6-9-22(26)28/h5,7-8,10-13H,3-4,6,9,14-16H2,1-2H3,(H,25,27). The molecular weight excluding hydrogens is 380 g/mol. The van der Waals surface area contributed by atoms with Gasteiger partial charge in [-0.05, 0) is 48.1 Å². The molecule has 1 saturated heterocycles. The van der Waals surface area contributed by atoms with Gasteiger partial charge >= 0.3 is 5.97 Å². The molecule has 1 fully saturated rings. The molecule has 30 heavy (non-hydrogen) atoms. The molecule has 0 radical (unpaired) electrons. The molecule has 0 aromatic heterocycles. The highest BCUT2D eigenvalue weighted by molar-refractivity contribution is 5.96. The van der Waals surface area contributed by atoms with Crippen LogP contribution in [0.1, 0.15) is 53.7 Å². The second kappa shape index (κ2) is 10.1. The quantitative estimate of drug-likeness (QED) is 0.676. The molecule has 3 rings (SSSR count). The molecular formula is C24H28N2O4. The second-order valence-electron chi connectivity index (χ2n) is 7.40. The molecule has 0 atom stereocenters. The summed E-state index contributed by atoms with van der Waals surface area (Å²) in [6, 6.07) is 12.9. The second-order valence-corrected chi connectivity index (χ2v) is 7.40. The fourth-order valence-corrected chi connectivity index (χ4v) is 3.63. The molecule has 0 saturated carbocycles. The number of carbonyl (C=O) groups excluding carboxylic acids is 3. The first-order chi connectivity index (χ1) is 14.5. The molecule has 6 nitrogen and oxygen atoms in total. The molecule has 6 heteroatoms. The van der Waals surface area contributed by atoms with Crippen LogP contribution in [-0.4, -0.2) is 35.8 Å². The van der Waals surface area contributed by atoms with Crippen molar-refractivity contribution in [3.63, 3.8) is 0 Å². The van der Waals surface area contributed by atoms with Crippen molar-refractivity contribution >= 4 is 23.5 Å². The van der Waals surface area contributed by atoms with Crippen molar-refractivity contribution in [1.29, 1.82) is 0 Å². The number of likely N-dealkylation sites (tertiary alicyclic amines) is 1. The molecule has 1 aliphatic heterocycles. The summed E-state index contributed by atoms with van der Waals surface area (Å²) in [5.74, 6) is -0.739. The molecule has 0 spiro atoms. The predicted molar refractivity (Wildman–Crippen MR) is 115 cm³/mol. The summed E-state index contributed by atoms with van der Waals surface area (Å²) in [6.45, 7) is 5.05. The number of nitrogens with one attached hydrogen (secondary N) is 1. The van der Waals surface area contributed by atoms with E-state index in [2.05, 4.69) is 5.32 Å². The smallest absolute Gasteiger partial charge is 0.338 e. The van der Waals surface area contributed by atoms with Gasteiger partial charge in [-0.2, -0.15) is 0 Å². The van der Waals surface area contributed by atoms with Gasteiger partial charge in [-0.15, -0.1) is 0 Å². The molecule has 1 aliphatic rings. The van der Waals surface area contributed by atoms with E-state index in [0.29, 0.717) is 18.5 Å². The summed E-state index contributed by atoms with van der Waals surface area (Å²) in [6.07, 6.45) is 3.11. The van der Waals surface area contributed by atoms with Crippen molar-refractivity contribution in [2.24, 2.45) is 0 Å². The fraction of sp³-hybridized carbons (Fsp3) is 0.375. The van der Waals surface area contributed by atoms with Crippen molar-refractivity contribution in [3.8, 4) is 0 Å². The van der Waals surface area contributed by atoms with Crippen LogP contribution in [0.25, 0.3) is 0 Å². The lowest BCUT2D eigenvalue weighted by Crippen LogP contribution is -2.24. The predicted octanol–water partition coefficient (Wildman–Crippen LogP) is 3.73. The third-order valence-electron chi connectivity index (χ3n) is 5.33. The lowest BCUT2D eigenvalue weighted by atomic mass is 10.0. The van der Waals surface area contributed by atoms with E-state index in [1.54, 1.807) is 12.1 Å². The number of ether oxygens (including phenoxy) is 1. The zero-order valence-corrected chi connectivity index (χ0v) is 17.6. The Morgan fingerprint density at radius 2 is 1.70 bits per heavy atom. The van der Waals surface area contributed by atoms with Crippen LogP contribution in [-0.2, 0) is 33.7 Å². The zero-order valence-electron chi connectivity index (χ0n) is 17.6. The molecule has 0 unspecified atom stereocenters. The number of carbonyl (C=O) groups is 3. The van der Waals surface area contributed by atoms with Crippen LogP contribution in [0.15, 0.2) is 42.5 Å². The summed E-state index contributed by atoms with van der Waals surface area (Å²) in [5.41, 5.74) is 4.26. The molecule has 0 aliphatic carbocycles. The number of esters is 1. The summed E-state index contributed by atoms with van der Waals surface area (Å²) in [5, 5.41) is 2.89. The highest BCUT2D eigenvalue weighted by atomic mass is 16.5. The lowest BCUT2D eigenvalue weighted by Gasteiger charge is -2.15. The molecule has 2 aromatic rings. The van der Waals surface area contributed by atoms with Crippen LogP contribution in [0, 0.1) is 0 Å². The van der Waals surface area contributed by atoms with Crippen LogP contribution in [0.3, 0.4) is 0 Å². The number of nitrogens with zero attached hydrogens (tertiary/aromatic N) is 1. The number of rotatable bonds is 8. The Labute approximate surface area is 177 Å². The van der Waals surface area contributed by atoms with Gasteiger partial charge in [-0.1, -0.05) is 44.2 Å². The van der Waals surface area contributed by atoms with Gasteiger partial charge < -0.3 is 15.0 Å². The third kappa shape index (κ3) is 5.26. The monoisotopic (exact) mass is 408 g/mol. The van der Waals surface area contributed by atoms with Gasteiger partial charge in [0.15, 0.2) is 6.61 Å². The number of aryl methyl sites for hydroxylation is 2. The van der Waals surface area contributed by atoms with Gasteiger partial charge in [0.05, 0.1) is 5.56 Å². The summed E-state index contributed by atoms with van der Waals surface area (Å²) in [7, 11) is 0. The summed E-state index contributed by atoms with van der Waals surface area (Å²) < 4.78 is 5.18. The maximum absolute atomic E-state index is 12.3. The third-order valence-corrected chi connectivity index (χ3v) is 5.33.